The molecule has 0 aliphatic carbocycles. The van der Waals surface area contributed by atoms with Crippen molar-refractivity contribution in [3.63, 3.8) is 0 Å². The lowest BCUT2D eigenvalue weighted by atomic mass is 9.79. The van der Waals surface area contributed by atoms with E-state index in [9.17, 15) is 4.79 Å². The summed E-state index contributed by atoms with van der Waals surface area (Å²) in [5.41, 5.74) is 0. The van der Waals surface area contributed by atoms with Crippen LogP contribution in [0.25, 0.3) is 0 Å². The van der Waals surface area contributed by atoms with Crippen molar-refractivity contribution in [2.75, 3.05) is 7.11 Å². The van der Waals surface area contributed by atoms with Gasteiger partial charge in [0.15, 0.2) is 0 Å². The molecular formula is C11H19NO2. The summed E-state index contributed by atoms with van der Waals surface area (Å²) in [6.45, 7) is 0. The van der Waals surface area contributed by atoms with Crippen LogP contribution >= 0.6 is 0 Å². The molecule has 0 aromatic carbocycles. The topological polar surface area (TPSA) is 38.3 Å². The molecule has 3 heteroatoms. The van der Waals surface area contributed by atoms with Crippen molar-refractivity contribution >= 4 is 5.97 Å². The van der Waals surface area contributed by atoms with E-state index in [0.717, 1.165) is 12.8 Å². The molecule has 2 fully saturated rings. The third-order valence-electron chi connectivity index (χ3n) is 3.50. The molecule has 0 radical (unpaired) electrons. The highest BCUT2D eigenvalue weighted by molar-refractivity contribution is 5.69. The number of hydrogen-bond donors (Lipinski definition) is 1. The molecule has 0 spiro atoms. The van der Waals surface area contributed by atoms with Gasteiger partial charge in [0.1, 0.15) is 0 Å². The lowest BCUT2D eigenvalue weighted by Crippen LogP contribution is -2.48. The van der Waals surface area contributed by atoms with Gasteiger partial charge in [-0.05, 0) is 31.6 Å². The van der Waals surface area contributed by atoms with Gasteiger partial charge in [-0.1, -0.05) is 6.42 Å². The van der Waals surface area contributed by atoms with Crippen molar-refractivity contribution < 1.29 is 9.53 Å². The van der Waals surface area contributed by atoms with Gasteiger partial charge in [-0.15, -0.1) is 0 Å². The Bertz CT molecular complexity index is 205. The maximum Gasteiger partial charge on any atom is 0.305 e. The van der Waals surface area contributed by atoms with Crippen LogP contribution in [0.1, 0.15) is 38.5 Å². The lowest BCUT2D eigenvalue weighted by molar-refractivity contribution is -0.142. The number of ether oxygens (including phenoxy) is 1. The van der Waals surface area contributed by atoms with Gasteiger partial charge in [-0.25, -0.2) is 0 Å². The van der Waals surface area contributed by atoms with Gasteiger partial charge in [-0.3, -0.25) is 4.79 Å². The molecule has 2 aliphatic heterocycles. The first kappa shape index (κ1) is 9.97. The van der Waals surface area contributed by atoms with Crippen molar-refractivity contribution in [1.29, 1.82) is 0 Å². The number of piperidine rings is 2. The fraction of sp³-hybridized carbons (Fsp3) is 0.909. The SMILES string of the molecule is COC(=O)CC1CC2CCCC(C1)N2. The van der Waals surface area contributed by atoms with Crippen LogP contribution in [-0.2, 0) is 9.53 Å². The summed E-state index contributed by atoms with van der Waals surface area (Å²) < 4.78 is 4.72. The first-order valence-electron chi connectivity index (χ1n) is 5.61. The zero-order valence-electron chi connectivity index (χ0n) is 8.79. The average Bonchev–Trinajstić information content (AvgIpc) is 2.17. The van der Waals surface area contributed by atoms with Crippen LogP contribution in [-0.4, -0.2) is 25.2 Å². The Morgan fingerprint density at radius 3 is 2.57 bits per heavy atom. The molecule has 1 N–H and O–H groups in total. The summed E-state index contributed by atoms with van der Waals surface area (Å²) in [6, 6.07) is 1.33. The quantitative estimate of drug-likeness (QED) is 0.681. The van der Waals surface area contributed by atoms with Gasteiger partial charge in [0.05, 0.1) is 7.11 Å². The second-order valence-corrected chi connectivity index (χ2v) is 4.61. The predicted octanol–water partition coefficient (Wildman–Crippen LogP) is 1.47. The monoisotopic (exact) mass is 197 g/mol. The molecule has 2 bridgehead atoms. The van der Waals surface area contributed by atoms with Crippen LogP contribution in [0.4, 0.5) is 0 Å². The highest BCUT2D eigenvalue weighted by atomic mass is 16.5. The van der Waals surface area contributed by atoms with Crippen LogP contribution in [0.15, 0.2) is 0 Å². The minimum atomic E-state index is -0.0463. The molecule has 2 saturated heterocycles. The van der Waals surface area contributed by atoms with Crippen LogP contribution in [0.5, 0.6) is 0 Å². The molecule has 2 aliphatic rings. The number of methoxy groups -OCH3 is 1. The van der Waals surface area contributed by atoms with Gasteiger partial charge >= 0.3 is 5.97 Å². The second kappa shape index (κ2) is 4.30. The number of carbonyl (C=O) groups excluding carboxylic acids is 1. The Balaban J connectivity index is 1.86. The minimum Gasteiger partial charge on any atom is -0.469 e. The number of fused-ring (bicyclic) bond motifs is 2. The maximum absolute atomic E-state index is 11.2. The molecule has 0 aromatic heterocycles. The Labute approximate surface area is 85.2 Å². The molecule has 2 heterocycles. The zero-order chi connectivity index (χ0) is 9.97. The highest BCUT2D eigenvalue weighted by Crippen LogP contribution is 2.31. The summed E-state index contributed by atoms with van der Waals surface area (Å²) in [6.07, 6.45) is 6.86. The molecule has 2 unspecified atom stereocenters. The first-order valence-corrected chi connectivity index (χ1v) is 5.61. The van der Waals surface area contributed by atoms with E-state index in [4.69, 9.17) is 4.74 Å². The summed E-state index contributed by atoms with van der Waals surface area (Å²) in [4.78, 5) is 11.2. The lowest BCUT2D eigenvalue weighted by Gasteiger charge is -2.40. The van der Waals surface area contributed by atoms with Crippen molar-refractivity contribution in [3.05, 3.63) is 0 Å². The maximum atomic E-state index is 11.2. The van der Waals surface area contributed by atoms with E-state index in [1.54, 1.807) is 0 Å². The molecule has 0 saturated carbocycles. The predicted molar refractivity (Wildman–Crippen MR) is 53.9 cm³/mol. The summed E-state index contributed by atoms with van der Waals surface area (Å²) in [7, 11) is 1.48. The van der Waals surface area contributed by atoms with E-state index < -0.39 is 0 Å². The fourth-order valence-electron chi connectivity index (χ4n) is 2.87. The van der Waals surface area contributed by atoms with E-state index in [0.29, 0.717) is 24.4 Å². The van der Waals surface area contributed by atoms with Crippen molar-refractivity contribution in [1.82, 2.24) is 5.32 Å². The number of carbonyl (C=O) groups is 1. The largest absolute Gasteiger partial charge is 0.469 e. The molecule has 80 valence electrons. The fourth-order valence-corrected chi connectivity index (χ4v) is 2.87. The van der Waals surface area contributed by atoms with Gasteiger partial charge in [-0.2, -0.15) is 0 Å². The highest BCUT2D eigenvalue weighted by Gasteiger charge is 2.32. The van der Waals surface area contributed by atoms with Crippen LogP contribution in [0, 0.1) is 5.92 Å². The van der Waals surface area contributed by atoms with Crippen LogP contribution < -0.4 is 5.32 Å². The van der Waals surface area contributed by atoms with Gasteiger partial charge in [0.2, 0.25) is 0 Å². The third kappa shape index (κ3) is 2.27. The van der Waals surface area contributed by atoms with Gasteiger partial charge in [0, 0.05) is 18.5 Å². The molecule has 2 atom stereocenters. The Morgan fingerprint density at radius 2 is 2.00 bits per heavy atom. The summed E-state index contributed by atoms with van der Waals surface area (Å²) in [5.74, 6) is 0.508. The van der Waals surface area contributed by atoms with Crippen LogP contribution in [0.2, 0.25) is 0 Å². The van der Waals surface area contributed by atoms with Crippen LogP contribution in [0.3, 0.4) is 0 Å². The molecule has 0 aromatic rings. The zero-order valence-corrected chi connectivity index (χ0v) is 8.79. The first-order chi connectivity index (χ1) is 6.78. The van der Waals surface area contributed by atoms with E-state index in [1.807, 2.05) is 0 Å². The minimum absolute atomic E-state index is 0.0463. The number of nitrogens with one attached hydrogen (secondary N) is 1. The normalized spacial score (nSPS) is 36.5. The second-order valence-electron chi connectivity index (χ2n) is 4.61. The molecular weight excluding hydrogens is 178 g/mol. The van der Waals surface area contributed by atoms with E-state index in [2.05, 4.69) is 5.32 Å². The number of esters is 1. The smallest absolute Gasteiger partial charge is 0.305 e. The number of hydrogen-bond acceptors (Lipinski definition) is 3. The van der Waals surface area contributed by atoms with Crippen molar-refractivity contribution in [2.24, 2.45) is 5.92 Å². The summed E-state index contributed by atoms with van der Waals surface area (Å²) in [5, 5.41) is 3.62. The van der Waals surface area contributed by atoms with Gasteiger partial charge in [0.25, 0.3) is 0 Å². The molecule has 2 rings (SSSR count). The van der Waals surface area contributed by atoms with Crippen molar-refractivity contribution in [2.45, 2.75) is 50.6 Å². The average molecular weight is 197 g/mol. The van der Waals surface area contributed by atoms with E-state index >= 15 is 0 Å². The van der Waals surface area contributed by atoms with E-state index in [-0.39, 0.29) is 5.97 Å². The molecule has 14 heavy (non-hydrogen) atoms. The van der Waals surface area contributed by atoms with Crippen molar-refractivity contribution in [3.8, 4) is 0 Å². The number of rotatable bonds is 2. The Kier molecular flexibility index (Phi) is 3.06. The standard InChI is InChI=1S/C11H19NO2/c1-14-11(13)7-8-5-9-3-2-4-10(6-8)12-9/h8-10,12H,2-7H2,1H3. The summed E-state index contributed by atoms with van der Waals surface area (Å²) >= 11 is 0. The molecule has 3 nitrogen and oxygen atoms in total. The molecule has 0 amide bonds. The Morgan fingerprint density at radius 1 is 1.36 bits per heavy atom. The third-order valence-corrected chi connectivity index (χ3v) is 3.50. The van der Waals surface area contributed by atoms with E-state index in [1.165, 1.54) is 26.4 Å². The van der Waals surface area contributed by atoms with Gasteiger partial charge < -0.3 is 10.1 Å². The Hall–Kier alpha value is -0.570.